The van der Waals surface area contributed by atoms with Crippen LogP contribution in [0.5, 0.6) is 0 Å². The lowest BCUT2D eigenvalue weighted by atomic mass is 10.3. The molecule has 0 unspecified atom stereocenters. The smallest absolute Gasteiger partial charge is 0.235 e. The Labute approximate surface area is 102 Å². The van der Waals surface area contributed by atoms with Gasteiger partial charge in [-0.15, -0.1) is 22.7 Å². The predicted molar refractivity (Wildman–Crippen MR) is 67.4 cm³/mol. The maximum absolute atomic E-state index is 11.2. The Bertz CT molecular complexity index is 523. The highest BCUT2D eigenvalue weighted by Gasteiger charge is 2.10. The quantitative estimate of drug-likeness (QED) is 0.473. The van der Waals surface area contributed by atoms with Crippen molar-refractivity contribution in [1.29, 1.82) is 0 Å². The van der Waals surface area contributed by atoms with Crippen molar-refractivity contribution in [3.8, 4) is 9.75 Å². The third-order valence-corrected chi connectivity index (χ3v) is 4.73. The molecular formula is C12H10O2S2. The Kier molecular flexibility index (Phi) is 3.31. The van der Waals surface area contributed by atoms with Gasteiger partial charge in [0.1, 0.15) is 0 Å². The lowest BCUT2D eigenvalue weighted by molar-refractivity contribution is -0.104. The second-order valence-electron chi connectivity index (χ2n) is 3.27. The number of thiophene rings is 2. The Morgan fingerprint density at radius 3 is 2.50 bits per heavy atom. The van der Waals surface area contributed by atoms with Gasteiger partial charge >= 0.3 is 0 Å². The Morgan fingerprint density at radius 1 is 1.19 bits per heavy atom. The molecule has 0 aromatic carbocycles. The Hall–Kier alpha value is -1.26. The molecule has 0 aliphatic carbocycles. The van der Waals surface area contributed by atoms with Crippen LogP contribution in [0, 0.1) is 0 Å². The summed E-state index contributed by atoms with van der Waals surface area (Å²) in [5, 5.41) is 0. The van der Waals surface area contributed by atoms with Gasteiger partial charge in [-0.25, -0.2) is 0 Å². The zero-order chi connectivity index (χ0) is 11.5. The highest BCUT2D eigenvalue weighted by molar-refractivity contribution is 7.23. The van der Waals surface area contributed by atoms with Crippen LogP contribution < -0.4 is 0 Å². The minimum Gasteiger partial charge on any atom is -0.294 e. The van der Waals surface area contributed by atoms with E-state index in [1.165, 1.54) is 16.2 Å². The number of aryl methyl sites for hydroxylation is 1. The maximum Gasteiger partial charge on any atom is 0.235 e. The van der Waals surface area contributed by atoms with Crippen molar-refractivity contribution in [3.63, 3.8) is 0 Å². The number of hydrogen-bond acceptors (Lipinski definition) is 4. The molecular weight excluding hydrogens is 240 g/mol. The van der Waals surface area contributed by atoms with E-state index in [-0.39, 0.29) is 0 Å². The summed E-state index contributed by atoms with van der Waals surface area (Å²) < 4.78 is 0. The number of rotatable bonds is 4. The van der Waals surface area contributed by atoms with Crippen molar-refractivity contribution in [2.75, 3.05) is 0 Å². The van der Waals surface area contributed by atoms with Crippen molar-refractivity contribution < 1.29 is 9.59 Å². The average Bonchev–Trinajstić information content (AvgIpc) is 2.95. The molecule has 0 saturated heterocycles. The average molecular weight is 250 g/mol. The fourth-order valence-electron chi connectivity index (χ4n) is 1.36. The summed E-state index contributed by atoms with van der Waals surface area (Å²) in [6, 6.07) is 7.76. The predicted octanol–water partition coefficient (Wildman–Crippen LogP) is 3.42. The summed E-state index contributed by atoms with van der Waals surface area (Å²) in [5.74, 6) is -0.441. The number of hydrogen-bond donors (Lipinski definition) is 0. The number of Topliss-reactive ketones (excluding diaryl/α,β-unsaturated/α-hetero) is 1. The van der Waals surface area contributed by atoms with Gasteiger partial charge in [-0.3, -0.25) is 9.59 Å². The number of carbonyl (C=O) groups is 2. The van der Waals surface area contributed by atoms with Crippen LogP contribution in [0.25, 0.3) is 9.75 Å². The van der Waals surface area contributed by atoms with Crippen LogP contribution in [0.15, 0.2) is 24.3 Å². The van der Waals surface area contributed by atoms with E-state index in [1.54, 1.807) is 17.4 Å². The first-order valence-corrected chi connectivity index (χ1v) is 6.56. The third-order valence-electron chi connectivity index (χ3n) is 2.21. The molecule has 16 heavy (non-hydrogen) atoms. The topological polar surface area (TPSA) is 34.1 Å². The van der Waals surface area contributed by atoms with E-state index >= 15 is 0 Å². The van der Waals surface area contributed by atoms with Crippen LogP contribution in [0.2, 0.25) is 0 Å². The van der Waals surface area contributed by atoms with Gasteiger partial charge in [0.25, 0.3) is 0 Å². The zero-order valence-corrected chi connectivity index (χ0v) is 10.4. The number of carbonyl (C=O) groups excluding carboxylic acids is 2. The van der Waals surface area contributed by atoms with Crippen LogP contribution in [0.3, 0.4) is 0 Å². The van der Waals surface area contributed by atoms with Crippen molar-refractivity contribution in [2.45, 2.75) is 13.3 Å². The van der Waals surface area contributed by atoms with Gasteiger partial charge in [-0.2, -0.15) is 0 Å². The van der Waals surface area contributed by atoms with Crippen molar-refractivity contribution in [2.24, 2.45) is 0 Å². The van der Waals surface area contributed by atoms with Gasteiger partial charge in [0.15, 0.2) is 6.29 Å². The number of aldehydes is 1. The van der Waals surface area contributed by atoms with Gasteiger partial charge in [0.05, 0.1) is 4.88 Å². The summed E-state index contributed by atoms with van der Waals surface area (Å²) in [4.78, 5) is 25.6. The van der Waals surface area contributed by atoms with E-state index in [2.05, 4.69) is 19.1 Å². The molecule has 0 saturated carbocycles. The summed E-state index contributed by atoms with van der Waals surface area (Å²) >= 11 is 3.10. The van der Waals surface area contributed by atoms with Crippen molar-refractivity contribution in [1.82, 2.24) is 0 Å². The minimum atomic E-state index is -0.441. The maximum atomic E-state index is 11.2. The highest BCUT2D eigenvalue weighted by Crippen LogP contribution is 2.33. The molecule has 0 bridgehead atoms. The van der Waals surface area contributed by atoms with Crippen LogP contribution in [0.1, 0.15) is 21.5 Å². The van der Waals surface area contributed by atoms with Gasteiger partial charge in [0, 0.05) is 14.6 Å². The summed E-state index contributed by atoms with van der Waals surface area (Å²) in [6.07, 6.45) is 1.39. The van der Waals surface area contributed by atoms with Gasteiger partial charge < -0.3 is 0 Å². The molecule has 0 fully saturated rings. The summed E-state index contributed by atoms with van der Waals surface area (Å²) in [5.41, 5.74) is 0. The van der Waals surface area contributed by atoms with Crippen LogP contribution in [0.4, 0.5) is 0 Å². The standard InChI is InChI=1S/C12H10O2S2/c1-2-8-3-4-11(15-8)12-6-5-10(16-12)9(14)7-13/h3-7H,2H2,1H3. The fraction of sp³-hybridized carbons (Fsp3) is 0.167. The van der Waals surface area contributed by atoms with Gasteiger partial charge in [-0.1, -0.05) is 6.92 Å². The van der Waals surface area contributed by atoms with E-state index in [1.807, 2.05) is 6.07 Å². The molecule has 2 aromatic heterocycles. The van der Waals surface area contributed by atoms with Crippen molar-refractivity contribution in [3.05, 3.63) is 34.0 Å². The molecule has 2 heterocycles. The monoisotopic (exact) mass is 250 g/mol. The SMILES string of the molecule is CCc1ccc(-c2ccc(C(=O)C=O)s2)s1. The molecule has 2 aromatic rings. The summed E-state index contributed by atoms with van der Waals surface area (Å²) in [6.45, 7) is 2.12. The molecule has 0 radical (unpaired) electrons. The molecule has 2 nitrogen and oxygen atoms in total. The first kappa shape index (κ1) is 11.2. The Balaban J connectivity index is 2.31. The van der Waals surface area contributed by atoms with E-state index in [0.717, 1.165) is 16.2 Å². The van der Waals surface area contributed by atoms with E-state index in [0.29, 0.717) is 11.2 Å². The van der Waals surface area contributed by atoms with Crippen molar-refractivity contribution >= 4 is 34.7 Å². The minimum absolute atomic E-state index is 0.363. The third kappa shape index (κ3) is 2.13. The fourth-order valence-corrected chi connectivity index (χ4v) is 3.31. The van der Waals surface area contributed by atoms with Gasteiger partial charge in [0.2, 0.25) is 5.78 Å². The lowest BCUT2D eigenvalue weighted by Crippen LogP contribution is -1.94. The molecule has 0 N–H and O–H groups in total. The lowest BCUT2D eigenvalue weighted by Gasteiger charge is -1.89. The highest BCUT2D eigenvalue weighted by atomic mass is 32.1. The number of ketones is 1. The summed E-state index contributed by atoms with van der Waals surface area (Å²) in [7, 11) is 0. The molecule has 0 spiro atoms. The molecule has 4 heteroatoms. The molecule has 0 aliphatic rings. The molecule has 0 aliphatic heterocycles. The van der Waals surface area contributed by atoms with E-state index < -0.39 is 5.78 Å². The van der Waals surface area contributed by atoms with E-state index in [4.69, 9.17) is 0 Å². The van der Waals surface area contributed by atoms with Crippen LogP contribution >= 0.6 is 22.7 Å². The van der Waals surface area contributed by atoms with Crippen LogP contribution in [-0.2, 0) is 11.2 Å². The van der Waals surface area contributed by atoms with Gasteiger partial charge in [-0.05, 0) is 30.7 Å². The zero-order valence-electron chi connectivity index (χ0n) is 8.73. The van der Waals surface area contributed by atoms with E-state index in [9.17, 15) is 9.59 Å². The normalized spacial score (nSPS) is 10.3. The molecule has 82 valence electrons. The Morgan fingerprint density at radius 2 is 1.88 bits per heavy atom. The second kappa shape index (κ2) is 4.72. The molecule has 0 amide bonds. The molecule has 2 rings (SSSR count). The van der Waals surface area contributed by atoms with Crippen LogP contribution in [-0.4, -0.2) is 12.1 Å². The second-order valence-corrected chi connectivity index (χ2v) is 5.52. The molecule has 0 atom stereocenters. The first-order valence-electron chi connectivity index (χ1n) is 4.93. The first-order chi connectivity index (χ1) is 7.74. The largest absolute Gasteiger partial charge is 0.294 e.